The number of carbonyl (C=O) groups is 1. The van der Waals surface area contributed by atoms with Crippen molar-refractivity contribution in [3.8, 4) is 0 Å². The first-order valence-electron chi connectivity index (χ1n) is 9.89. The van der Waals surface area contributed by atoms with Gasteiger partial charge in [0.15, 0.2) is 0 Å². The second-order valence-electron chi connectivity index (χ2n) is 7.04. The van der Waals surface area contributed by atoms with Gasteiger partial charge >= 0.3 is 0 Å². The lowest BCUT2D eigenvalue weighted by atomic mass is 10.2. The quantitative estimate of drug-likeness (QED) is 0.590. The summed E-state index contributed by atoms with van der Waals surface area (Å²) in [6.07, 6.45) is 2.20. The van der Waals surface area contributed by atoms with Gasteiger partial charge in [-0.2, -0.15) is 16.5 Å². The van der Waals surface area contributed by atoms with Gasteiger partial charge in [0.1, 0.15) is 11.9 Å². The van der Waals surface area contributed by atoms with Crippen LogP contribution in [-0.4, -0.2) is 58.7 Å². The van der Waals surface area contributed by atoms with Crippen molar-refractivity contribution >= 4 is 39.1 Å². The highest BCUT2D eigenvalue weighted by atomic mass is 32.2. The van der Waals surface area contributed by atoms with Crippen molar-refractivity contribution in [2.24, 2.45) is 0 Å². The Hall–Kier alpha value is -2.14. The van der Waals surface area contributed by atoms with Crippen LogP contribution in [0.1, 0.15) is 6.42 Å². The molecule has 0 aromatic heterocycles. The van der Waals surface area contributed by atoms with Crippen LogP contribution in [0.2, 0.25) is 0 Å². The number of morpholine rings is 1. The molecule has 2 aromatic rings. The van der Waals surface area contributed by atoms with E-state index < -0.39 is 27.8 Å². The monoisotopic (exact) mass is 467 g/mol. The minimum atomic E-state index is -3.97. The predicted molar refractivity (Wildman–Crippen MR) is 122 cm³/mol. The third kappa shape index (κ3) is 6.67. The number of anilines is 2. The van der Waals surface area contributed by atoms with Crippen LogP contribution in [0, 0.1) is 5.82 Å². The first-order chi connectivity index (χ1) is 14.9. The van der Waals surface area contributed by atoms with E-state index in [9.17, 15) is 17.6 Å². The van der Waals surface area contributed by atoms with E-state index in [1.54, 1.807) is 12.1 Å². The van der Waals surface area contributed by atoms with E-state index in [0.717, 1.165) is 30.9 Å². The van der Waals surface area contributed by atoms with Gasteiger partial charge in [-0.25, -0.2) is 12.8 Å². The van der Waals surface area contributed by atoms with Crippen LogP contribution < -0.4 is 14.9 Å². The topological polar surface area (TPSA) is 87.7 Å². The van der Waals surface area contributed by atoms with Crippen LogP contribution >= 0.6 is 11.8 Å². The van der Waals surface area contributed by atoms with Gasteiger partial charge in [0.25, 0.3) is 0 Å². The number of rotatable bonds is 9. The highest BCUT2D eigenvalue weighted by molar-refractivity contribution is 7.98. The summed E-state index contributed by atoms with van der Waals surface area (Å²) in [5.74, 6) is -0.380. The fraction of sp³-hybridized carbons (Fsp3) is 0.381. The molecular formula is C21H26FN3O4S2. The molecule has 1 unspecified atom stereocenters. The summed E-state index contributed by atoms with van der Waals surface area (Å²) < 4.78 is 46.3. The Kier molecular flexibility index (Phi) is 8.30. The average molecular weight is 468 g/mol. The lowest BCUT2D eigenvalue weighted by Crippen LogP contribution is -2.44. The number of carbonyl (C=O) groups excluding carboxylic acids is 1. The second kappa shape index (κ2) is 10.9. The molecule has 1 atom stereocenters. The van der Waals surface area contributed by atoms with E-state index in [4.69, 9.17) is 4.74 Å². The summed E-state index contributed by atoms with van der Waals surface area (Å²) in [5.41, 5.74) is 1.62. The largest absolute Gasteiger partial charge is 0.378 e. The molecule has 1 saturated heterocycles. The van der Waals surface area contributed by atoms with E-state index in [1.807, 2.05) is 18.4 Å². The number of nitrogens with one attached hydrogen (secondary N) is 2. The molecule has 1 heterocycles. The Morgan fingerprint density at radius 2 is 1.77 bits per heavy atom. The number of halogens is 1. The Morgan fingerprint density at radius 1 is 1.13 bits per heavy atom. The number of ether oxygens (including phenoxy) is 1. The summed E-state index contributed by atoms with van der Waals surface area (Å²) in [7, 11) is -3.97. The molecule has 2 aromatic carbocycles. The fourth-order valence-corrected chi connectivity index (χ4v) is 4.86. The molecule has 168 valence electrons. The molecule has 0 aliphatic carbocycles. The molecule has 0 spiro atoms. The Labute approximate surface area is 186 Å². The molecule has 0 saturated carbocycles. The van der Waals surface area contributed by atoms with Crippen molar-refractivity contribution in [1.82, 2.24) is 4.72 Å². The Bertz CT molecular complexity index is 963. The molecule has 3 rings (SSSR count). The molecule has 1 aliphatic heterocycles. The van der Waals surface area contributed by atoms with Gasteiger partial charge in [0.2, 0.25) is 15.9 Å². The zero-order valence-corrected chi connectivity index (χ0v) is 18.8. The van der Waals surface area contributed by atoms with Crippen molar-refractivity contribution in [2.75, 3.05) is 48.5 Å². The summed E-state index contributed by atoms with van der Waals surface area (Å²) in [5, 5.41) is 2.79. The summed E-state index contributed by atoms with van der Waals surface area (Å²) in [4.78, 5) is 14.9. The third-order valence-electron chi connectivity index (χ3n) is 4.86. The first-order valence-corrected chi connectivity index (χ1v) is 12.8. The Balaban J connectivity index is 1.68. The van der Waals surface area contributed by atoms with Crippen molar-refractivity contribution in [3.63, 3.8) is 0 Å². The summed E-state index contributed by atoms with van der Waals surface area (Å²) >= 11 is 1.52. The van der Waals surface area contributed by atoms with E-state index in [1.165, 1.54) is 23.9 Å². The van der Waals surface area contributed by atoms with Gasteiger partial charge in [0.05, 0.1) is 18.1 Å². The molecular weight excluding hydrogens is 441 g/mol. The van der Waals surface area contributed by atoms with Gasteiger partial charge in [0, 0.05) is 24.5 Å². The van der Waals surface area contributed by atoms with Gasteiger partial charge in [-0.05, 0) is 67.0 Å². The van der Waals surface area contributed by atoms with Crippen LogP contribution in [0.5, 0.6) is 0 Å². The van der Waals surface area contributed by atoms with Crippen molar-refractivity contribution < 1.29 is 22.3 Å². The number of amides is 1. The van der Waals surface area contributed by atoms with Crippen molar-refractivity contribution in [2.45, 2.75) is 17.4 Å². The molecule has 7 nitrogen and oxygen atoms in total. The average Bonchev–Trinajstić information content (AvgIpc) is 2.78. The number of thioether (sulfide) groups is 1. The highest BCUT2D eigenvalue weighted by Crippen LogP contribution is 2.20. The van der Waals surface area contributed by atoms with Crippen LogP contribution in [-0.2, 0) is 19.6 Å². The summed E-state index contributed by atoms with van der Waals surface area (Å²) in [6.45, 7) is 2.99. The number of benzene rings is 2. The van der Waals surface area contributed by atoms with Crippen LogP contribution in [0.3, 0.4) is 0 Å². The molecule has 0 bridgehead atoms. The maximum Gasteiger partial charge on any atom is 0.242 e. The minimum absolute atomic E-state index is 0.0919. The number of sulfonamides is 1. The molecule has 0 radical (unpaired) electrons. The molecule has 1 aliphatic rings. The molecule has 31 heavy (non-hydrogen) atoms. The van der Waals surface area contributed by atoms with Crippen molar-refractivity contribution in [3.05, 3.63) is 54.3 Å². The third-order valence-corrected chi connectivity index (χ3v) is 6.99. The number of hydrogen-bond acceptors (Lipinski definition) is 6. The van der Waals surface area contributed by atoms with Gasteiger partial charge in [-0.3, -0.25) is 4.79 Å². The predicted octanol–water partition coefficient (Wildman–Crippen LogP) is 2.70. The maximum atomic E-state index is 13.1. The minimum Gasteiger partial charge on any atom is -0.378 e. The van der Waals surface area contributed by atoms with E-state index in [0.29, 0.717) is 31.1 Å². The van der Waals surface area contributed by atoms with Crippen LogP contribution in [0.15, 0.2) is 53.4 Å². The second-order valence-corrected chi connectivity index (χ2v) is 9.74. The number of nitrogens with zero attached hydrogens (tertiary/aromatic N) is 1. The standard InChI is InChI=1S/C21H26FN3O4S2/c1-30-15-10-20(24-31(27,28)19-8-2-16(22)3-9-19)21(26)23-17-4-6-18(7-5-17)25-11-13-29-14-12-25/h2-9,20,24H,10-15H2,1H3,(H,23,26). The van der Waals surface area contributed by atoms with E-state index in [2.05, 4.69) is 14.9 Å². The van der Waals surface area contributed by atoms with Crippen LogP contribution in [0.25, 0.3) is 0 Å². The maximum absolute atomic E-state index is 13.1. The highest BCUT2D eigenvalue weighted by Gasteiger charge is 2.25. The summed E-state index contributed by atoms with van der Waals surface area (Å²) in [6, 6.07) is 11.0. The Morgan fingerprint density at radius 3 is 2.39 bits per heavy atom. The molecule has 2 N–H and O–H groups in total. The lowest BCUT2D eigenvalue weighted by molar-refractivity contribution is -0.117. The molecule has 1 fully saturated rings. The fourth-order valence-electron chi connectivity index (χ4n) is 3.15. The van der Waals surface area contributed by atoms with Crippen molar-refractivity contribution in [1.29, 1.82) is 0 Å². The lowest BCUT2D eigenvalue weighted by Gasteiger charge is -2.29. The zero-order valence-electron chi connectivity index (χ0n) is 17.2. The normalized spacial score (nSPS) is 15.5. The van der Waals surface area contributed by atoms with Crippen LogP contribution in [0.4, 0.5) is 15.8 Å². The van der Waals surface area contributed by atoms with E-state index >= 15 is 0 Å². The molecule has 1 amide bonds. The van der Waals surface area contributed by atoms with Gasteiger partial charge < -0.3 is 15.0 Å². The van der Waals surface area contributed by atoms with Gasteiger partial charge in [-0.15, -0.1) is 0 Å². The van der Waals surface area contributed by atoms with Gasteiger partial charge in [-0.1, -0.05) is 0 Å². The smallest absolute Gasteiger partial charge is 0.242 e. The SMILES string of the molecule is CSCCC(NS(=O)(=O)c1ccc(F)cc1)C(=O)Nc1ccc(N2CCOCC2)cc1. The first kappa shape index (κ1) is 23.5. The van der Waals surface area contributed by atoms with E-state index in [-0.39, 0.29) is 4.90 Å². The number of hydrogen-bond donors (Lipinski definition) is 2. The molecule has 10 heteroatoms. The zero-order chi connectivity index (χ0) is 22.3.